The van der Waals surface area contributed by atoms with E-state index in [-0.39, 0.29) is 0 Å². The van der Waals surface area contributed by atoms with E-state index in [0.717, 1.165) is 17.8 Å². The molecule has 0 nitrogen and oxygen atoms in total. The van der Waals surface area contributed by atoms with E-state index >= 15 is 0 Å². The lowest BCUT2D eigenvalue weighted by molar-refractivity contribution is 0.271. The minimum absolute atomic E-state index is 0.659. The Balaban J connectivity index is 1.87. The highest BCUT2D eigenvalue weighted by Gasteiger charge is 2.87. The van der Waals surface area contributed by atoms with Crippen LogP contribution in [0.15, 0.2) is 11.6 Å². The van der Waals surface area contributed by atoms with Crippen molar-refractivity contribution in [3.63, 3.8) is 0 Å². The van der Waals surface area contributed by atoms with E-state index in [2.05, 4.69) is 33.8 Å². The lowest BCUT2D eigenvalue weighted by Crippen LogP contribution is -2.21. The van der Waals surface area contributed by atoms with Crippen LogP contribution in [-0.4, -0.2) is 0 Å². The van der Waals surface area contributed by atoms with Gasteiger partial charge in [-0.15, -0.1) is 0 Å². The van der Waals surface area contributed by atoms with Crippen molar-refractivity contribution in [3.8, 4) is 0 Å². The quantitative estimate of drug-likeness (QED) is 0.520. The van der Waals surface area contributed by atoms with Gasteiger partial charge >= 0.3 is 0 Å². The van der Waals surface area contributed by atoms with Crippen LogP contribution in [0.4, 0.5) is 0 Å². The molecule has 3 fully saturated rings. The van der Waals surface area contributed by atoms with E-state index < -0.39 is 0 Å². The zero-order valence-electron chi connectivity index (χ0n) is 10.4. The van der Waals surface area contributed by atoms with Gasteiger partial charge in [-0.3, -0.25) is 0 Å². The summed E-state index contributed by atoms with van der Waals surface area (Å²) < 4.78 is 0. The minimum Gasteiger partial charge on any atom is -0.0847 e. The molecular formula is C15H22. The van der Waals surface area contributed by atoms with Crippen molar-refractivity contribution in [1.82, 2.24) is 0 Å². The molecule has 0 bridgehead atoms. The third-order valence-corrected chi connectivity index (χ3v) is 7.01. The molecule has 0 N–H and O–H groups in total. The standard InChI is InChI=1S/C15H22/c1-9-5-6-11-14(4)8-7-10-12(13(10,2)3)15(9,11)14/h5,10-12H,6-8H2,1-4H3/t10-,11+,12+,14-,15-/m0/s1. The largest absolute Gasteiger partial charge is 0.0847 e. The molecule has 0 amide bonds. The van der Waals surface area contributed by atoms with Crippen LogP contribution in [0.25, 0.3) is 0 Å². The van der Waals surface area contributed by atoms with E-state index in [0.29, 0.717) is 16.2 Å². The number of hydrogen-bond acceptors (Lipinski definition) is 0. The number of fused-ring (bicyclic) bond motifs is 2. The molecule has 0 unspecified atom stereocenters. The molecule has 4 aliphatic carbocycles. The first-order valence-corrected chi connectivity index (χ1v) is 6.64. The summed E-state index contributed by atoms with van der Waals surface area (Å²) in [5.41, 5.74) is 3.81. The van der Waals surface area contributed by atoms with Crippen LogP contribution in [0, 0.1) is 34.0 Å². The highest BCUT2D eigenvalue weighted by molar-refractivity contribution is 5.46. The molecule has 4 aliphatic rings. The molecule has 0 radical (unpaired) electrons. The van der Waals surface area contributed by atoms with Gasteiger partial charge in [0.25, 0.3) is 0 Å². The molecule has 15 heavy (non-hydrogen) atoms. The second kappa shape index (κ2) is 1.96. The van der Waals surface area contributed by atoms with Gasteiger partial charge in [-0.1, -0.05) is 32.4 Å². The molecular weight excluding hydrogens is 180 g/mol. The molecule has 0 saturated heterocycles. The molecule has 1 spiro atoms. The maximum Gasteiger partial charge on any atom is 0.00389 e. The van der Waals surface area contributed by atoms with Crippen molar-refractivity contribution in [2.75, 3.05) is 0 Å². The summed E-state index contributed by atoms with van der Waals surface area (Å²) in [6.07, 6.45) is 6.96. The fraction of sp³-hybridized carbons (Fsp3) is 0.867. The molecule has 0 heteroatoms. The van der Waals surface area contributed by atoms with Gasteiger partial charge in [0.1, 0.15) is 0 Å². The van der Waals surface area contributed by atoms with Crippen LogP contribution >= 0.6 is 0 Å². The van der Waals surface area contributed by atoms with Gasteiger partial charge < -0.3 is 0 Å². The monoisotopic (exact) mass is 202 g/mol. The average molecular weight is 202 g/mol. The summed E-state index contributed by atoms with van der Waals surface area (Å²) in [6, 6.07) is 0. The highest BCUT2D eigenvalue weighted by Crippen LogP contribution is 2.92. The number of allylic oxidation sites excluding steroid dienone is 2. The Hall–Kier alpha value is -0.260. The summed E-state index contributed by atoms with van der Waals surface area (Å²) in [6.45, 7) is 10.0. The van der Waals surface area contributed by atoms with Gasteiger partial charge in [-0.25, -0.2) is 0 Å². The third-order valence-electron chi connectivity index (χ3n) is 7.01. The third kappa shape index (κ3) is 0.610. The summed E-state index contributed by atoms with van der Waals surface area (Å²) in [5, 5.41) is 0. The summed E-state index contributed by atoms with van der Waals surface area (Å²) >= 11 is 0. The first-order chi connectivity index (χ1) is 6.97. The normalized spacial score (nSPS) is 62.7. The molecule has 4 rings (SSSR count). The van der Waals surface area contributed by atoms with Crippen LogP contribution in [-0.2, 0) is 0 Å². The predicted molar refractivity (Wildman–Crippen MR) is 62.4 cm³/mol. The van der Waals surface area contributed by atoms with Crippen LogP contribution in [0.1, 0.15) is 47.0 Å². The second-order valence-electron chi connectivity index (χ2n) is 7.41. The lowest BCUT2D eigenvalue weighted by atomic mass is 9.76. The van der Waals surface area contributed by atoms with E-state index in [4.69, 9.17) is 0 Å². The molecule has 0 aromatic heterocycles. The van der Waals surface area contributed by atoms with E-state index in [1.54, 1.807) is 5.57 Å². The Bertz CT molecular complexity index is 389. The van der Waals surface area contributed by atoms with Crippen molar-refractivity contribution >= 4 is 0 Å². The molecule has 0 aromatic rings. The summed E-state index contributed by atoms with van der Waals surface area (Å²) in [5.74, 6) is 3.12. The first-order valence-electron chi connectivity index (χ1n) is 6.64. The van der Waals surface area contributed by atoms with Crippen LogP contribution in [0.5, 0.6) is 0 Å². The van der Waals surface area contributed by atoms with Crippen molar-refractivity contribution < 1.29 is 0 Å². The Morgan fingerprint density at radius 2 is 2.00 bits per heavy atom. The summed E-state index contributed by atoms with van der Waals surface area (Å²) in [4.78, 5) is 0. The predicted octanol–water partition coefficient (Wildman–Crippen LogP) is 4.02. The highest BCUT2D eigenvalue weighted by atomic mass is 14.9. The van der Waals surface area contributed by atoms with Crippen LogP contribution < -0.4 is 0 Å². The zero-order chi connectivity index (χ0) is 10.6. The van der Waals surface area contributed by atoms with Gasteiger partial charge in [-0.2, -0.15) is 0 Å². The Labute approximate surface area is 93.1 Å². The lowest BCUT2D eigenvalue weighted by Gasteiger charge is -2.28. The molecule has 0 heterocycles. The van der Waals surface area contributed by atoms with Gasteiger partial charge in [0.05, 0.1) is 0 Å². The number of rotatable bonds is 0. The van der Waals surface area contributed by atoms with Gasteiger partial charge in [-0.05, 0) is 54.8 Å². The molecule has 5 atom stereocenters. The molecule has 0 aliphatic heterocycles. The average Bonchev–Trinajstić information content (AvgIpc) is 2.84. The summed E-state index contributed by atoms with van der Waals surface area (Å²) in [7, 11) is 0. The Kier molecular flexibility index (Phi) is 1.15. The van der Waals surface area contributed by atoms with Crippen molar-refractivity contribution in [1.29, 1.82) is 0 Å². The zero-order valence-corrected chi connectivity index (χ0v) is 10.4. The van der Waals surface area contributed by atoms with Crippen LogP contribution in [0.2, 0.25) is 0 Å². The van der Waals surface area contributed by atoms with E-state index in [1.165, 1.54) is 19.3 Å². The maximum atomic E-state index is 2.58. The smallest absolute Gasteiger partial charge is 0.00389 e. The van der Waals surface area contributed by atoms with Gasteiger partial charge in [0.15, 0.2) is 0 Å². The van der Waals surface area contributed by atoms with Crippen molar-refractivity contribution in [3.05, 3.63) is 11.6 Å². The minimum atomic E-state index is 0.659. The fourth-order valence-electron chi connectivity index (χ4n) is 6.28. The second-order valence-corrected chi connectivity index (χ2v) is 7.41. The van der Waals surface area contributed by atoms with E-state index in [1.807, 2.05) is 0 Å². The van der Waals surface area contributed by atoms with Crippen molar-refractivity contribution in [2.24, 2.45) is 34.0 Å². The molecule has 82 valence electrons. The number of hydrogen-bond donors (Lipinski definition) is 0. The van der Waals surface area contributed by atoms with Crippen molar-refractivity contribution in [2.45, 2.75) is 47.0 Å². The topological polar surface area (TPSA) is 0 Å². The van der Waals surface area contributed by atoms with Gasteiger partial charge in [0, 0.05) is 5.41 Å². The first kappa shape index (κ1) is 8.84. The maximum absolute atomic E-state index is 2.58. The molecule has 0 aromatic carbocycles. The SMILES string of the molecule is CC1=CC[C@H]2[C@]13[C@@H]1[C@H](CC[C@@]23C)C1(C)C. The van der Waals surface area contributed by atoms with Gasteiger partial charge in [0.2, 0.25) is 0 Å². The Morgan fingerprint density at radius 3 is 2.73 bits per heavy atom. The molecule has 3 saturated carbocycles. The fourth-order valence-corrected chi connectivity index (χ4v) is 6.28. The van der Waals surface area contributed by atoms with E-state index in [9.17, 15) is 0 Å². The van der Waals surface area contributed by atoms with Crippen LogP contribution in [0.3, 0.4) is 0 Å². The Morgan fingerprint density at radius 1 is 1.27 bits per heavy atom.